The zero-order chi connectivity index (χ0) is 10.6. The Morgan fingerprint density at radius 3 is 2.00 bits per heavy atom. The first-order chi connectivity index (χ1) is 7.50. The average Bonchev–Trinajstić information content (AvgIpc) is 3.09. The minimum absolute atomic E-state index is 1.44. The van der Waals surface area contributed by atoms with E-state index >= 15 is 0 Å². The van der Waals surface area contributed by atoms with Crippen LogP contribution in [0.2, 0.25) is 0 Å². The topological polar surface area (TPSA) is 98.9 Å². The predicted octanol–water partition coefficient (Wildman–Crippen LogP) is 0.624. The molecular weight excluding hydrogens is 194 g/mol. The first kappa shape index (κ1) is 10.6. The van der Waals surface area contributed by atoms with Crippen LogP contribution in [-0.4, -0.2) is 35.3 Å². The van der Waals surface area contributed by atoms with Crippen molar-refractivity contribution in [1.82, 2.24) is 35.3 Å². The summed E-state index contributed by atoms with van der Waals surface area (Å²) in [7, 11) is 0. The van der Waals surface area contributed by atoms with Crippen molar-refractivity contribution in [2.24, 2.45) is 0 Å². The SMILES string of the molecule is c1c[nH]cn1.c1cn[nH]c1.c1nc[nH]n1. The monoisotopic (exact) mass is 205 g/mol. The summed E-state index contributed by atoms with van der Waals surface area (Å²) in [5.41, 5.74) is 0. The first-order valence-corrected chi connectivity index (χ1v) is 4.15. The molecule has 0 aliphatic heterocycles. The molecule has 0 bridgehead atoms. The van der Waals surface area contributed by atoms with Crippen LogP contribution in [0.15, 0.2) is 49.8 Å². The van der Waals surface area contributed by atoms with Crippen LogP contribution >= 0.6 is 0 Å². The van der Waals surface area contributed by atoms with Crippen LogP contribution in [0.1, 0.15) is 0 Å². The Morgan fingerprint density at radius 2 is 1.80 bits per heavy atom. The Balaban J connectivity index is 0.000000112. The van der Waals surface area contributed by atoms with E-state index in [0.717, 1.165) is 0 Å². The summed E-state index contributed by atoms with van der Waals surface area (Å²) in [4.78, 5) is 9.97. The molecule has 0 aromatic carbocycles. The Kier molecular flexibility index (Phi) is 5.80. The lowest BCUT2D eigenvalue weighted by atomic mass is 10.8. The van der Waals surface area contributed by atoms with E-state index < -0.39 is 0 Å². The summed E-state index contributed by atoms with van der Waals surface area (Å²) in [6.07, 6.45) is 11.5. The van der Waals surface area contributed by atoms with Gasteiger partial charge in [-0.3, -0.25) is 10.2 Å². The molecule has 0 saturated heterocycles. The number of nitrogens with one attached hydrogen (secondary N) is 3. The highest BCUT2D eigenvalue weighted by atomic mass is 15.2. The first-order valence-electron chi connectivity index (χ1n) is 4.15. The number of aromatic nitrogens is 7. The minimum Gasteiger partial charge on any atom is -0.351 e. The van der Waals surface area contributed by atoms with Crippen LogP contribution in [0, 0.1) is 0 Å². The molecule has 0 saturated carbocycles. The Morgan fingerprint density at radius 1 is 0.800 bits per heavy atom. The molecule has 7 nitrogen and oxygen atoms in total. The summed E-state index contributed by atoms with van der Waals surface area (Å²) in [6, 6.07) is 1.83. The molecule has 78 valence electrons. The maximum Gasteiger partial charge on any atom is 0.137 e. The van der Waals surface area contributed by atoms with Crippen molar-refractivity contribution in [2.45, 2.75) is 0 Å². The van der Waals surface area contributed by atoms with Crippen LogP contribution in [0.5, 0.6) is 0 Å². The van der Waals surface area contributed by atoms with Gasteiger partial charge in [-0.1, -0.05) is 0 Å². The van der Waals surface area contributed by atoms with Crippen molar-refractivity contribution in [3.63, 3.8) is 0 Å². The normalized spacial score (nSPS) is 8.00. The smallest absolute Gasteiger partial charge is 0.137 e. The van der Waals surface area contributed by atoms with Crippen LogP contribution in [0.3, 0.4) is 0 Å². The number of hydrogen-bond donors (Lipinski definition) is 3. The second-order valence-corrected chi connectivity index (χ2v) is 2.18. The number of rotatable bonds is 0. The number of H-pyrrole nitrogens is 3. The molecule has 0 unspecified atom stereocenters. The van der Waals surface area contributed by atoms with Gasteiger partial charge in [-0.25, -0.2) is 9.97 Å². The highest BCUT2D eigenvalue weighted by Gasteiger charge is 1.57. The van der Waals surface area contributed by atoms with Gasteiger partial charge in [0.05, 0.1) is 6.33 Å². The van der Waals surface area contributed by atoms with Crippen molar-refractivity contribution < 1.29 is 0 Å². The van der Waals surface area contributed by atoms with Crippen LogP contribution in [-0.2, 0) is 0 Å². The van der Waals surface area contributed by atoms with Crippen LogP contribution < -0.4 is 0 Å². The third-order valence-electron chi connectivity index (χ3n) is 1.14. The maximum atomic E-state index is 3.67. The fourth-order valence-electron chi connectivity index (χ4n) is 0.597. The van der Waals surface area contributed by atoms with Gasteiger partial charge in [0.1, 0.15) is 12.7 Å². The van der Waals surface area contributed by atoms with E-state index in [2.05, 4.69) is 35.3 Å². The largest absolute Gasteiger partial charge is 0.351 e. The number of imidazole rings is 1. The number of nitrogens with zero attached hydrogens (tertiary/aromatic N) is 4. The lowest BCUT2D eigenvalue weighted by Gasteiger charge is -1.49. The molecule has 7 heteroatoms. The summed E-state index contributed by atoms with van der Waals surface area (Å²) in [5, 5.41) is 12.2. The summed E-state index contributed by atoms with van der Waals surface area (Å²) in [5.74, 6) is 0. The Hall–Kier alpha value is -2.44. The molecule has 0 aliphatic carbocycles. The highest BCUT2D eigenvalue weighted by molar-refractivity contribution is 4.72. The van der Waals surface area contributed by atoms with E-state index in [0.29, 0.717) is 0 Å². The standard InChI is InChI=1S/2C3H4N2.C2H3N3/c1-2-5-3-4-1;1-2-4-5-3-1;1-3-2-5-4-1/h2*1-3H,(H,4,5);1-2H,(H,3,4,5). The fraction of sp³-hybridized carbons (Fsp3) is 0. The third-order valence-corrected chi connectivity index (χ3v) is 1.14. The van der Waals surface area contributed by atoms with Gasteiger partial charge in [0.15, 0.2) is 0 Å². The Bertz CT molecular complexity index is 247. The van der Waals surface area contributed by atoms with E-state index in [1.807, 2.05) is 6.07 Å². The third kappa shape index (κ3) is 6.70. The van der Waals surface area contributed by atoms with Crippen molar-refractivity contribution in [3.8, 4) is 0 Å². The molecule has 0 atom stereocenters. The molecule has 3 aromatic rings. The molecule has 15 heavy (non-hydrogen) atoms. The van der Waals surface area contributed by atoms with Crippen molar-refractivity contribution in [1.29, 1.82) is 0 Å². The van der Waals surface area contributed by atoms with E-state index in [9.17, 15) is 0 Å². The summed E-state index contributed by atoms with van der Waals surface area (Å²) in [6.45, 7) is 0. The summed E-state index contributed by atoms with van der Waals surface area (Å²) >= 11 is 0. The average molecular weight is 205 g/mol. The van der Waals surface area contributed by atoms with Crippen molar-refractivity contribution in [2.75, 3.05) is 0 Å². The van der Waals surface area contributed by atoms with Gasteiger partial charge >= 0.3 is 0 Å². The second kappa shape index (κ2) is 8.17. The maximum absolute atomic E-state index is 3.67. The zero-order valence-corrected chi connectivity index (χ0v) is 7.91. The van der Waals surface area contributed by atoms with E-state index in [-0.39, 0.29) is 0 Å². The van der Waals surface area contributed by atoms with Gasteiger partial charge in [0.25, 0.3) is 0 Å². The van der Waals surface area contributed by atoms with Gasteiger partial charge in [-0.05, 0) is 6.07 Å². The van der Waals surface area contributed by atoms with Crippen molar-refractivity contribution >= 4 is 0 Å². The van der Waals surface area contributed by atoms with Crippen molar-refractivity contribution in [3.05, 3.63) is 49.8 Å². The highest BCUT2D eigenvalue weighted by Crippen LogP contribution is 1.64. The molecule has 3 N–H and O–H groups in total. The minimum atomic E-state index is 1.44. The number of hydrogen-bond acceptors (Lipinski definition) is 4. The lowest BCUT2D eigenvalue weighted by Crippen LogP contribution is -1.53. The quantitative estimate of drug-likeness (QED) is 0.501. The molecule has 0 radical (unpaired) electrons. The fourth-order valence-corrected chi connectivity index (χ4v) is 0.597. The molecule has 3 rings (SSSR count). The van der Waals surface area contributed by atoms with E-state index in [1.165, 1.54) is 12.7 Å². The van der Waals surface area contributed by atoms with Crippen LogP contribution in [0.25, 0.3) is 0 Å². The van der Waals surface area contributed by atoms with Gasteiger partial charge in [-0.2, -0.15) is 10.2 Å². The molecule has 0 spiro atoms. The summed E-state index contributed by atoms with van der Waals surface area (Å²) < 4.78 is 0. The molecule has 3 aromatic heterocycles. The van der Waals surface area contributed by atoms with E-state index in [1.54, 1.807) is 31.1 Å². The molecule has 0 amide bonds. The zero-order valence-electron chi connectivity index (χ0n) is 7.91. The van der Waals surface area contributed by atoms with Gasteiger partial charge in [0, 0.05) is 24.8 Å². The molecule has 0 fully saturated rings. The Labute approximate surface area is 86.0 Å². The van der Waals surface area contributed by atoms with Gasteiger partial charge in [-0.15, -0.1) is 0 Å². The van der Waals surface area contributed by atoms with Gasteiger partial charge < -0.3 is 4.98 Å². The second-order valence-electron chi connectivity index (χ2n) is 2.18. The predicted molar refractivity (Wildman–Crippen MR) is 53.6 cm³/mol. The van der Waals surface area contributed by atoms with Gasteiger partial charge in [0.2, 0.25) is 0 Å². The molecular formula is C8H11N7. The molecule has 3 heterocycles. The molecule has 0 aliphatic rings. The number of aromatic amines is 3. The van der Waals surface area contributed by atoms with Crippen LogP contribution in [0.4, 0.5) is 0 Å². The van der Waals surface area contributed by atoms with E-state index in [4.69, 9.17) is 0 Å². The lowest BCUT2D eigenvalue weighted by molar-refractivity contribution is 1.09.